The number of carbonyl (C=O) groups is 3. The van der Waals surface area contributed by atoms with Crippen LogP contribution in [0.25, 0.3) is 0 Å². The van der Waals surface area contributed by atoms with E-state index in [9.17, 15) is 14.4 Å². The van der Waals surface area contributed by atoms with Gasteiger partial charge < -0.3 is 29.2 Å². The first kappa shape index (κ1) is 28.3. The molecule has 3 heterocycles. The summed E-state index contributed by atoms with van der Waals surface area (Å²) in [7, 11) is 1.38. The highest BCUT2D eigenvalue weighted by molar-refractivity contribution is 5.93. The van der Waals surface area contributed by atoms with E-state index in [0.29, 0.717) is 23.7 Å². The quantitative estimate of drug-likeness (QED) is 0.444. The number of nitrogens with zero attached hydrogens (tertiary/aromatic N) is 1. The molecule has 0 radical (unpaired) electrons. The molecule has 9 heteroatoms. The molecular weight excluding hydrogens is 536 g/mol. The summed E-state index contributed by atoms with van der Waals surface area (Å²) in [5.74, 6) is 0.00180. The summed E-state index contributed by atoms with van der Waals surface area (Å²) in [6.07, 6.45) is 3.24. The zero-order valence-corrected chi connectivity index (χ0v) is 24.3. The summed E-state index contributed by atoms with van der Waals surface area (Å²) < 4.78 is 23.2. The third-order valence-electron chi connectivity index (χ3n) is 8.84. The number of ether oxygens (including phenoxy) is 4. The predicted molar refractivity (Wildman–Crippen MR) is 153 cm³/mol. The molecule has 1 N–H and O–H groups in total. The van der Waals surface area contributed by atoms with Gasteiger partial charge in [-0.25, -0.2) is 0 Å². The Morgan fingerprint density at radius 1 is 1.07 bits per heavy atom. The topological polar surface area (TPSA) is 103 Å². The van der Waals surface area contributed by atoms with Gasteiger partial charge in [0.05, 0.1) is 25.9 Å². The average molecular weight is 575 g/mol. The minimum absolute atomic E-state index is 0.0413. The number of hydrogen-bond donors (Lipinski definition) is 1. The van der Waals surface area contributed by atoms with Gasteiger partial charge in [0.15, 0.2) is 11.5 Å². The lowest BCUT2D eigenvalue weighted by Gasteiger charge is -2.53. The van der Waals surface area contributed by atoms with Gasteiger partial charge >= 0.3 is 5.97 Å². The van der Waals surface area contributed by atoms with E-state index in [2.05, 4.69) is 19.2 Å². The van der Waals surface area contributed by atoms with Crippen LogP contribution < -0.4 is 14.8 Å². The van der Waals surface area contributed by atoms with Crippen molar-refractivity contribution in [1.29, 1.82) is 0 Å². The maximum Gasteiger partial charge on any atom is 0.320 e. The van der Waals surface area contributed by atoms with Crippen LogP contribution in [0.5, 0.6) is 11.5 Å². The molecule has 0 unspecified atom stereocenters. The molecule has 1 saturated heterocycles. The Hall–Kier alpha value is -3.85. The number of esters is 1. The molecule has 6 rings (SSSR count). The Labute approximate surface area is 246 Å². The number of amides is 2. The van der Waals surface area contributed by atoms with Crippen LogP contribution in [0.1, 0.15) is 50.7 Å². The molecule has 2 amide bonds. The molecule has 4 atom stereocenters. The number of likely N-dealkylation sites (tertiary alicyclic amines) is 1. The molecule has 0 spiro atoms. The lowest BCUT2D eigenvalue weighted by Crippen LogP contribution is -2.61. The van der Waals surface area contributed by atoms with E-state index in [1.807, 2.05) is 54.6 Å². The average Bonchev–Trinajstić information content (AvgIpc) is 3.74. The van der Waals surface area contributed by atoms with Crippen LogP contribution in [0.2, 0.25) is 0 Å². The van der Waals surface area contributed by atoms with Crippen molar-refractivity contribution in [2.75, 3.05) is 13.9 Å². The smallest absolute Gasteiger partial charge is 0.320 e. The Morgan fingerprint density at radius 2 is 1.83 bits per heavy atom. The Morgan fingerprint density at radius 3 is 2.55 bits per heavy atom. The van der Waals surface area contributed by atoms with E-state index >= 15 is 0 Å². The fourth-order valence-corrected chi connectivity index (χ4v) is 6.53. The van der Waals surface area contributed by atoms with E-state index in [0.717, 1.165) is 24.0 Å². The molecule has 1 saturated carbocycles. The van der Waals surface area contributed by atoms with Gasteiger partial charge in [0.2, 0.25) is 18.6 Å². The third-order valence-corrected chi connectivity index (χ3v) is 8.84. The maximum absolute atomic E-state index is 14.3. The molecular formula is C33H38N2O7. The predicted octanol–water partition coefficient (Wildman–Crippen LogP) is 4.35. The minimum Gasteiger partial charge on any atom is -0.468 e. The summed E-state index contributed by atoms with van der Waals surface area (Å²) in [5, 5.41) is 2.95. The maximum atomic E-state index is 14.3. The first-order chi connectivity index (χ1) is 20.3. The van der Waals surface area contributed by atoms with Gasteiger partial charge in [-0.15, -0.1) is 0 Å². The van der Waals surface area contributed by atoms with Crippen molar-refractivity contribution in [2.24, 2.45) is 23.2 Å². The zero-order valence-electron chi connectivity index (χ0n) is 24.3. The lowest BCUT2D eigenvalue weighted by atomic mass is 9.64. The van der Waals surface area contributed by atoms with Gasteiger partial charge in [0, 0.05) is 24.6 Å². The van der Waals surface area contributed by atoms with Crippen molar-refractivity contribution < 1.29 is 33.3 Å². The minimum atomic E-state index is -1.20. The number of nitrogens with one attached hydrogen (secondary N) is 1. The molecule has 2 aromatic carbocycles. The van der Waals surface area contributed by atoms with E-state index in [-0.39, 0.29) is 55.9 Å². The van der Waals surface area contributed by atoms with Crippen molar-refractivity contribution >= 4 is 17.8 Å². The molecule has 4 aliphatic rings. The molecule has 42 heavy (non-hydrogen) atoms. The number of rotatable bonds is 9. The molecule has 0 bridgehead atoms. The van der Waals surface area contributed by atoms with Gasteiger partial charge in [-0.2, -0.15) is 0 Å². The summed E-state index contributed by atoms with van der Waals surface area (Å²) in [6.45, 7) is 4.87. The van der Waals surface area contributed by atoms with Crippen molar-refractivity contribution in [3.63, 3.8) is 0 Å². The standard InChI is InChI=1S/C33H38N2O7/c1-20(2)26-15-28-33(32(38)39-3,30(42-26)23-10-11-23)16-24(14-29(36)34-17-21-7-5-4-6-8-21)31(37)35(28)18-22-9-12-25-27(13-22)41-19-40-25/h4-9,12-13,15,20,23-24,26,30H,10-11,14,16-19H2,1-3H3,(H,34,36)/t24-,26+,30+,33+/m0/s1. The van der Waals surface area contributed by atoms with Gasteiger partial charge in [0.1, 0.15) is 5.41 Å². The summed E-state index contributed by atoms with van der Waals surface area (Å²) >= 11 is 0. The molecule has 222 valence electrons. The molecule has 0 aromatic heterocycles. The van der Waals surface area contributed by atoms with Crippen LogP contribution in [-0.4, -0.2) is 48.8 Å². The van der Waals surface area contributed by atoms with Crippen LogP contribution in [0.3, 0.4) is 0 Å². The molecule has 1 aliphatic carbocycles. The van der Waals surface area contributed by atoms with E-state index < -0.39 is 23.4 Å². The molecule has 9 nitrogen and oxygen atoms in total. The molecule has 2 fully saturated rings. The van der Waals surface area contributed by atoms with Crippen LogP contribution >= 0.6 is 0 Å². The zero-order chi connectivity index (χ0) is 29.4. The van der Waals surface area contributed by atoms with Gasteiger partial charge in [-0.3, -0.25) is 14.4 Å². The number of methoxy groups -OCH3 is 1. The normalized spacial score (nSPS) is 26.5. The Kier molecular flexibility index (Phi) is 7.70. The highest BCUT2D eigenvalue weighted by atomic mass is 16.7. The SMILES string of the molecule is COC(=O)[C@]12C[C@H](CC(=O)NCc3ccccc3)C(=O)N(Cc3ccc4c(c3)OCO4)C1=C[C@H](C(C)C)O[C@@H]2C1CC1. The van der Waals surface area contributed by atoms with E-state index in [1.54, 1.807) is 4.90 Å². The number of hydrogen-bond acceptors (Lipinski definition) is 7. The summed E-state index contributed by atoms with van der Waals surface area (Å²) in [4.78, 5) is 43.1. The third kappa shape index (κ3) is 5.26. The fraction of sp³-hybridized carbons (Fsp3) is 0.485. The van der Waals surface area contributed by atoms with Crippen molar-refractivity contribution in [2.45, 2.75) is 64.8 Å². The van der Waals surface area contributed by atoms with Crippen molar-refractivity contribution in [1.82, 2.24) is 10.2 Å². The fourth-order valence-electron chi connectivity index (χ4n) is 6.53. The molecule has 3 aliphatic heterocycles. The largest absolute Gasteiger partial charge is 0.468 e. The Bertz CT molecular complexity index is 1390. The van der Waals surface area contributed by atoms with E-state index in [4.69, 9.17) is 18.9 Å². The van der Waals surface area contributed by atoms with Crippen molar-refractivity contribution in [3.05, 3.63) is 71.4 Å². The number of fused-ring (bicyclic) bond motifs is 2. The van der Waals surface area contributed by atoms with Crippen LogP contribution in [0.15, 0.2) is 60.3 Å². The monoisotopic (exact) mass is 574 g/mol. The first-order valence-electron chi connectivity index (χ1n) is 14.8. The summed E-state index contributed by atoms with van der Waals surface area (Å²) in [6, 6.07) is 15.2. The number of benzene rings is 2. The first-order valence-corrected chi connectivity index (χ1v) is 14.8. The second-order valence-electron chi connectivity index (χ2n) is 12.1. The number of piperidine rings is 1. The number of carbonyl (C=O) groups excluding carboxylic acids is 3. The molecule has 2 aromatic rings. The van der Waals surface area contributed by atoms with Gasteiger partial charge in [0.25, 0.3) is 0 Å². The van der Waals surface area contributed by atoms with Crippen molar-refractivity contribution in [3.8, 4) is 11.5 Å². The van der Waals surface area contributed by atoms with Gasteiger partial charge in [-0.1, -0.05) is 50.2 Å². The van der Waals surface area contributed by atoms with E-state index in [1.165, 1.54) is 7.11 Å². The highest BCUT2D eigenvalue weighted by Gasteiger charge is 2.63. The second-order valence-corrected chi connectivity index (χ2v) is 12.1. The van der Waals surface area contributed by atoms with Crippen LogP contribution in [0.4, 0.5) is 0 Å². The van der Waals surface area contributed by atoms with Gasteiger partial charge in [-0.05, 0) is 60.4 Å². The summed E-state index contributed by atoms with van der Waals surface area (Å²) in [5.41, 5.74) is 1.23. The highest BCUT2D eigenvalue weighted by Crippen LogP contribution is 2.57. The van der Waals surface area contributed by atoms with Crippen LogP contribution in [0, 0.1) is 23.2 Å². The second kappa shape index (κ2) is 11.4. The lowest BCUT2D eigenvalue weighted by molar-refractivity contribution is -0.182. The Balaban J connectivity index is 1.37. The van der Waals surface area contributed by atoms with Crippen LogP contribution in [-0.2, 0) is 36.9 Å².